The van der Waals surface area contributed by atoms with Crippen LogP contribution < -0.4 is 0 Å². The van der Waals surface area contributed by atoms with Crippen molar-refractivity contribution in [2.45, 2.75) is 38.3 Å². The van der Waals surface area contributed by atoms with Gasteiger partial charge in [0, 0.05) is 39.8 Å². The zero-order chi connectivity index (χ0) is 12.5. The van der Waals surface area contributed by atoms with Gasteiger partial charge in [-0.25, -0.2) is 0 Å². The van der Waals surface area contributed by atoms with Crippen molar-refractivity contribution in [2.75, 3.05) is 28.4 Å². The molecule has 2 saturated carbocycles. The smallest absolute Gasteiger partial charge is 0.162 e. The summed E-state index contributed by atoms with van der Waals surface area (Å²) in [6.45, 7) is 0. The van der Waals surface area contributed by atoms with Crippen molar-refractivity contribution in [2.24, 2.45) is 17.3 Å². The highest BCUT2D eigenvalue weighted by Crippen LogP contribution is 2.61. The number of fused-ring (bicyclic) bond motifs is 2. The van der Waals surface area contributed by atoms with E-state index in [0.29, 0.717) is 5.92 Å². The Balaban J connectivity index is 2.21. The van der Waals surface area contributed by atoms with E-state index in [1.807, 2.05) is 0 Å². The van der Waals surface area contributed by atoms with Gasteiger partial charge >= 0.3 is 0 Å². The molecule has 0 radical (unpaired) electrons. The number of rotatable bonds is 6. The quantitative estimate of drug-likeness (QED) is 0.670. The molecule has 2 fully saturated rings. The van der Waals surface area contributed by atoms with Crippen LogP contribution in [-0.4, -0.2) is 41.0 Å². The van der Waals surface area contributed by atoms with E-state index in [1.54, 1.807) is 28.4 Å². The minimum absolute atomic E-state index is 0.0743. The van der Waals surface area contributed by atoms with Crippen LogP contribution in [0.1, 0.15) is 25.7 Å². The van der Waals surface area contributed by atoms with E-state index in [0.717, 1.165) is 18.8 Å². The maximum atomic E-state index is 5.54. The molecule has 3 atom stereocenters. The van der Waals surface area contributed by atoms with E-state index in [-0.39, 0.29) is 18.0 Å². The first-order valence-corrected chi connectivity index (χ1v) is 6.33. The minimum atomic E-state index is -0.146. The second-order valence-corrected chi connectivity index (χ2v) is 5.33. The van der Waals surface area contributed by atoms with Crippen molar-refractivity contribution in [1.29, 1.82) is 0 Å². The molecule has 2 aliphatic carbocycles. The molecule has 0 saturated heterocycles. The number of hydrogen-bond donors (Lipinski definition) is 0. The molecule has 0 aliphatic heterocycles. The SMILES string of the molecule is COC(OC)[C@@H]1CC2CC[C@@]1(C(OC)OC)C2. The first-order chi connectivity index (χ1) is 8.21. The van der Waals surface area contributed by atoms with Gasteiger partial charge in [-0.3, -0.25) is 0 Å². The fourth-order valence-corrected chi connectivity index (χ4v) is 4.11. The van der Waals surface area contributed by atoms with Crippen LogP contribution in [0.15, 0.2) is 0 Å². The summed E-state index contributed by atoms with van der Waals surface area (Å²) < 4.78 is 22.0. The fraction of sp³-hybridized carbons (Fsp3) is 1.00. The van der Waals surface area contributed by atoms with Gasteiger partial charge in [0.2, 0.25) is 0 Å². The van der Waals surface area contributed by atoms with Gasteiger partial charge in [0.15, 0.2) is 12.6 Å². The molecule has 4 heteroatoms. The van der Waals surface area contributed by atoms with Gasteiger partial charge in [0.05, 0.1) is 0 Å². The van der Waals surface area contributed by atoms with Crippen molar-refractivity contribution >= 4 is 0 Å². The van der Waals surface area contributed by atoms with Crippen LogP contribution in [0, 0.1) is 17.3 Å². The maximum absolute atomic E-state index is 5.54. The van der Waals surface area contributed by atoms with Gasteiger partial charge in [0.25, 0.3) is 0 Å². The zero-order valence-corrected chi connectivity index (χ0v) is 11.3. The molecule has 100 valence electrons. The molecule has 2 bridgehead atoms. The molecule has 2 aliphatic rings. The average Bonchev–Trinajstić information content (AvgIpc) is 2.91. The summed E-state index contributed by atoms with van der Waals surface area (Å²) in [6, 6.07) is 0. The van der Waals surface area contributed by atoms with Crippen molar-refractivity contribution in [3.63, 3.8) is 0 Å². The zero-order valence-electron chi connectivity index (χ0n) is 11.3. The van der Waals surface area contributed by atoms with Gasteiger partial charge in [-0.15, -0.1) is 0 Å². The summed E-state index contributed by atoms with van der Waals surface area (Å²) in [4.78, 5) is 0. The molecule has 17 heavy (non-hydrogen) atoms. The molecular weight excluding hydrogens is 220 g/mol. The van der Waals surface area contributed by atoms with Crippen LogP contribution in [0.25, 0.3) is 0 Å². The van der Waals surface area contributed by atoms with Crippen molar-refractivity contribution < 1.29 is 18.9 Å². The first kappa shape index (κ1) is 13.3. The number of ether oxygens (including phenoxy) is 4. The molecule has 0 heterocycles. The summed E-state index contributed by atoms with van der Waals surface area (Å²) in [5.41, 5.74) is 0.0743. The topological polar surface area (TPSA) is 36.9 Å². The highest BCUT2D eigenvalue weighted by molar-refractivity contribution is 5.04. The van der Waals surface area contributed by atoms with Crippen LogP contribution in [0.4, 0.5) is 0 Å². The standard InChI is InChI=1S/C13H24O4/c1-14-11(15-2)10-7-9-5-6-13(10,8-9)12(16-3)17-4/h9-12H,5-8H2,1-4H3/t9?,10-,13+/m0/s1. The molecule has 0 N–H and O–H groups in total. The van der Waals surface area contributed by atoms with Gasteiger partial charge in [-0.2, -0.15) is 0 Å². The minimum Gasteiger partial charge on any atom is -0.356 e. The fourth-order valence-electron chi connectivity index (χ4n) is 4.11. The van der Waals surface area contributed by atoms with Crippen LogP contribution in [-0.2, 0) is 18.9 Å². The Hall–Kier alpha value is -0.160. The largest absolute Gasteiger partial charge is 0.356 e. The lowest BCUT2D eigenvalue weighted by Crippen LogP contribution is -2.46. The number of hydrogen-bond acceptors (Lipinski definition) is 4. The molecular formula is C13H24O4. The van der Waals surface area contributed by atoms with Crippen LogP contribution in [0.3, 0.4) is 0 Å². The van der Waals surface area contributed by atoms with Gasteiger partial charge in [-0.05, 0) is 31.6 Å². The van der Waals surface area contributed by atoms with E-state index in [2.05, 4.69) is 0 Å². The molecule has 4 nitrogen and oxygen atoms in total. The van der Waals surface area contributed by atoms with Crippen molar-refractivity contribution in [1.82, 2.24) is 0 Å². The van der Waals surface area contributed by atoms with E-state index >= 15 is 0 Å². The highest BCUT2D eigenvalue weighted by atomic mass is 16.7. The molecule has 0 aromatic heterocycles. The lowest BCUT2D eigenvalue weighted by atomic mass is 9.73. The molecule has 2 rings (SSSR count). The van der Waals surface area contributed by atoms with E-state index in [4.69, 9.17) is 18.9 Å². The number of methoxy groups -OCH3 is 4. The van der Waals surface area contributed by atoms with E-state index in [1.165, 1.54) is 12.8 Å². The van der Waals surface area contributed by atoms with Crippen molar-refractivity contribution in [3.8, 4) is 0 Å². The Morgan fingerprint density at radius 3 is 2.12 bits per heavy atom. The van der Waals surface area contributed by atoms with Crippen LogP contribution in [0.2, 0.25) is 0 Å². The van der Waals surface area contributed by atoms with E-state index in [9.17, 15) is 0 Å². The Morgan fingerprint density at radius 2 is 1.65 bits per heavy atom. The van der Waals surface area contributed by atoms with Crippen molar-refractivity contribution in [3.05, 3.63) is 0 Å². The maximum Gasteiger partial charge on any atom is 0.162 e. The summed E-state index contributed by atoms with van der Waals surface area (Å²) in [5, 5.41) is 0. The molecule has 1 unspecified atom stereocenters. The van der Waals surface area contributed by atoms with Gasteiger partial charge < -0.3 is 18.9 Å². The predicted octanol–water partition coefficient (Wildman–Crippen LogP) is 2.03. The van der Waals surface area contributed by atoms with E-state index < -0.39 is 0 Å². The summed E-state index contributed by atoms with van der Waals surface area (Å²) in [6.07, 6.45) is 4.47. The molecule has 0 aromatic carbocycles. The lowest BCUT2D eigenvalue weighted by Gasteiger charge is -2.42. The predicted molar refractivity (Wildman–Crippen MR) is 63.5 cm³/mol. The summed E-state index contributed by atoms with van der Waals surface area (Å²) >= 11 is 0. The van der Waals surface area contributed by atoms with Crippen LogP contribution >= 0.6 is 0 Å². The Labute approximate surface area is 104 Å². The van der Waals surface area contributed by atoms with Gasteiger partial charge in [-0.1, -0.05) is 0 Å². The summed E-state index contributed by atoms with van der Waals surface area (Å²) in [7, 11) is 6.87. The third-order valence-electron chi connectivity index (χ3n) is 4.70. The Bertz CT molecular complexity index is 250. The highest BCUT2D eigenvalue weighted by Gasteiger charge is 2.59. The molecule has 0 amide bonds. The Morgan fingerprint density at radius 1 is 1.00 bits per heavy atom. The Kier molecular flexibility index (Phi) is 4.08. The second kappa shape index (κ2) is 5.22. The second-order valence-electron chi connectivity index (χ2n) is 5.33. The summed E-state index contributed by atoms with van der Waals surface area (Å²) in [5.74, 6) is 1.15. The van der Waals surface area contributed by atoms with Crippen LogP contribution in [0.5, 0.6) is 0 Å². The first-order valence-electron chi connectivity index (χ1n) is 6.33. The molecule has 0 spiro atoms. The lowest BCUT2D eigenvalue weighted by molar-refractivity contribution is -0.234. The van der Waals surface area contributed by atoms with Gasteiger partial charge in [0.1, 0.15) is 0 Å². The monoisotopic (exact) mass is 244 g/mol. The molecule has 0 aromatic rings. The third kappa shape index (κ3) is 2.01. The average molecular weight is 244 g/mol. The third-order valence-corrected chi connectivity index (χ3v) is 4.70. The normalized spacial score (nSPS) is 36.4.